The average molecular weight is 294 g/mol. The van der Waals surface area contributed by atoms with Crippen LogP contribution in [0.5, 0.6) is 0 Å². The van der Waals surface area contributed by atoms with E-state index in [0.29, 0.717) is 28.1 Å². The lowest BCUT2D eigenvalue weighted by molar-refractivity contribution is 0.630. The predicted octanol–water partition coefficient (Wildman–Crippen LogP) is 4.38. The Labute approximate surface area is 122 Å². The van der Waals surface area contributed by atoms with E-state index in [-0.39, 0.29) is 11.7 Å². The highest BCUT2D eigenvalue weighted by Crippen LogP contribution is 2.42. The Morgan fingerprint density at radius 2 is 2.10 bits per heavy atom. The van der Waals surface area contributed by atoms with Crippen molar-refractivity contribution < 1.29 is 4.39 Å². The van der Waals surface area contributed by atoms with Crippen LogP contribution in [-0.4, -0.2) is 9.55 Å². The van der Waals surface area contributed by atoms with Crippen molar-refractivity contribution in [3.63, 3.8) is 0 Å². The van der Waals surface area contributed by atoms with Gasteiger partial charge in [0.2, 0.25) is 0 Å². The summed E-state index contributed by atoms with van der Waals surface area (Å²) in [5.41, 5.74) is 7.10. The first-order chi connectivity index (χ1) is 9.49. The van der Waals surface area contributed by atoms with Gasteiger partial charge in [0.05, 0.1) is 0 Å². The summed E-state index contributed by atoms with van der Waals surface area (Å²) in [5.74, 6) is 1.35. The number of nitrogens with zero attached hydrogens (tertiary/aromatic N) is 2. The number of rotatable bonds is 3. The van der Waals surface area contributed by atoms with E-state index >= 15 is 0 Å². The molecular formula is C15H17ClFN3. The number of halogens is 2. The Balaban J connectivity index is 2.19. The maximum atomic E-state index is 14.0. The molecule has 1 aliphatic carbocycles. The monoisotopic (exact) mass is 293 g/mol. The van der Waals surface area contributed by atoms with Crippen LogP contribution in [0, 0.1) is 5.82 Å². The molecule has 1 aromatic carbocycles. The van der Waals surface area contributed by atoms with Gasteiger partial charge >= 0.3 is 0 Å². The van der Waals surface area contributed by atoms with Gasteiger partial charge in [-0.2, -0.15) is 0 Å². The lowest BCUT2D eigenvalue weighted by Crippen LogP contribution is -2.06. The van der Waals surface area contributed by atoms with Crippen LogP contribution < -0.4 is 5.73 Å². The molecule has 3 rings (SSSR count). The van der Waals surface area contributed by atoms with E-state index in [1.165, 1.54) is 12.1 Å². The van der Waals surface area contributed by atoms with Crippen LogP contribution in [0.2, 0.25) is 5.02 Å². The van der Waals surface area contributed by atoms with Crippen LogP contribution in [-0.2, 0) is 0 Å². The maximum absolute atomic E-state index is 14.0. The van der Waals surface area contributed by atoms with E-state index < -0.39 is 0 Å². The number of benzene rings is 1. The number of anilines is 1. The van der Waals surface area contributed by atoms with Crippen LogP contribution in [0.15, 0.2) is 18.2 Å². The number of nitrogen functional groups attached to an aromatic ring is 1. The molecule has 1 aliphatic rings. The molecule has 0 amide bonds. The molecule has 1 heterocycles. The minimum absolute atomic E-state index is 0.244. The quantitative estimate of drug-likeness (QED) is 0.912. The van der Waals surface area contributed by atoms with Crippen molar-refractivity contribution in [2.45, 2.75) is 38.6 Å². The Morgan fingerprint density at radius 3 is 2.70 bits per heavy atom. The Hall–Kier alpha value is -1.55. The molecule has 3 nitrogen and oxygen atoms in total. The third kappa shape index (κ3) is 2.18. The molecule has 0 spiro atoms. The predicted molar refractivity (Wildman–Crippen MR) is 79.4 cm³/mol. The standard InChI is InChI=1S/C15H17ClFN3/c1-8(2)15-19-13(14(18)20(15)10-4-5-10)11-7-9(16)3-6-12(11)17/h3,6-8,10H,4-5,18H2,1-2H3. The largest absolute Gasteiger partial charge is 0.383 e. The van der Waals surface area contributed by atoms with Crippen molar-refractivity contribution in [3.05, 3.63) is 34.9 Å². The normalized spacial score (nSPS) is 15.1. The first kappa shape index (κ1) is 13.4. The van der Waals surface area contributed by atoms with E-state index in [2.05, 4.69) is 23.4 Å². The molecule has 0 saturated heterocycles. The molecule has 1 saturated carbocycles. The zero-order valence-corrected chi connectivity index (χ0v) is 12.3. The minimum atomic E-state index is -0.350. The third-order valence-electron chi connectivity index (χ3n) is 3.59. The van der Waals surface area contributed by atoms with Crippen molar-refractivity contribution in [2.75, 3.05) is 5.73 Å². The average Bonchev–Trinajstić information content (AvgIpc) is 3.16. The second kappa shape index (κ2) is 4.77. The molecule has 0 atom stereocenters. The fourth-order valence-electron chi connectivity index (χ4n) is 2.46. The van der Waals surface area contributed by atoms with Gasteiger partial charge in [0.15, 0.2) is 0 Å². The van der Waals surface area contributed by atoms with Gasteiger partial charge in [0, 0.05) is 22.5 Å². The Bertz CT molecular complexity index is 659. The van der Waals surface area contributed by atoms with E-state index in [4.69, 9.17) is 17.3 Å². The summed E-state index contributed by atoms with van der Waals surface area (Å²) in [6, 6.07) is 4.87. The molecule has 20 heavy (non-hydrogen) atoms. The summed E-state index contributed by atoms with van der Waals surface area (Å²) >= 11 is 5.96. The number of imidazole rings is 1. The molecule has 106 valence electrons. The van der Waals surface area contributed by atoms with Gasteiger partial charge in [-0.3, -0.25) is 0 Å². The smallest absolute Gasteiger partial charge is 0.132 e. The van der Waals surface area contributed by atoms with Gasteiger partial charge in [0.1, 0.15) is 23.2 Å². The fraction of sp³-hybridized carbons (Fsp3) is 0.400. The summed E-state index contributed by atoms with van der Waals surface area (Å²) in [4.78, 5) is 4.58. The number of aromatic nitrogens is 2. The molecule has 5 heteroatoms. The van der Waals surface area contributed by atoms with Crippen molar-refractivity contribution in [1.82, 2.24) is 9.55 Å². The highest BCUT2D eigenvalue weighted by molar-refractivity contribution is 6.30. The minimum Gasteiger partial charge on any atom is -0.383 e. The Kier molecular flexibility index (Phi) is 3.21. The summed E-state index contributed by atoms with van der Waals surface area (Å²) in [6.07, 6.45) is 2.22. The number of nitrogens with two attached hydrogens (primary N) is 1. The van der Waals surface area contributed by atoms with Gasteiger partial charge in [0.25, 0.3) is 0 Å². The molecule has 0 radical (unpaired) electrons. The molecule has 0 bridgehead atoms. The summed E-state index contributed by atoms with van der Waals surface area (Å²) in [5, 5.41) is 0.480. The zero-order valence-electron chi connectivity index (χ0n) is 11.5. The summed E-state index contributed by atoms with van der Waals surface area (Å²) in [6.45, 7) is 4.14. The highest BCUT2D eigenvalue weighted by Gasteiger charge is 2.31. The van der Waals surface area contributed by atoms with Crippen molar-refractivity contribution in [2.24, 2.45) is 0 Å². The van der Waals surface area contributed by atoms with Gasteiger partial charge in [-0.1, -0.05) is 25.4 Å². The zero-order chi connectivity index (χ0) is 14.4. The molecule has 0 unspecified atom stereocenters. The molecule has 2 N–H and O–H groups in total. The molecule has 2 aromatic rings. The van der Waals surface area contributed by atoms with Gasteiger partial charge in [-0.25, -0.2) is 9.37 Å². The first-order valence-corrected chi connectivity index (χ1v) is 7.20. The lowest BCUT2D eigenvalue weighted by Gasteiger charge is -2.10. The fourth-order valence-corrected chi connectivity index (χ4v) is 2.64. The number of hydrogen-bond acceptors (Lipinski definition) is 2. The van der Waals surface area contributed by atoms with Crippen LogP contribution in [0.1, 0.15) is 44.5 Å². The lowest BCUT2D eigenvalue weighted by atomic mass is 10.1. The van der Waals surface area contributed by atoms with Crippen LogP contribution >= 0.6 is 11.6 Å². The SMILES string of the molecule is CC(C)c1nc(-c2cc(Cl)ccc2F)c(N)n1C1CC1. The van der Waals surface area contributed by atoms with Crippen molar-refractivity contribution in [1.29, 1.82) is 0 Å². The van der Waals surface area contributed by atoms with Gasteiger partial charge in [-0.15, -0.1) is 0 Å². The topological polar surface area (TPSA) is 43.8 Å². The summed E-state index contributed by atoms with van der Waals surface area (Å²) in [7, 11) is 0. The number of hydrogen-bond donors (Lipinski definition) is 1. The van der Waals surface area contributed by atoms with Crippen LogP contribution in [0.25, 0.3) is 11.3 Å². The van der Waals surface area contributed by atoms with Crippen molar-refractivity contribution >= 4 is 17.4 Å². The molecule has 0 aliphatic heterocycles. The highest BCUT2D eigenvalue weighted by atomic mass is 35.5. The molecular weight excluding hydrogens is 277 g/mol. The van der Waals surface area contributed by atoms with E-state index in [0.717, 1.165) is 18.7 Å². The van der Waals surface area contributed by atoms with E-state index in [1.54, 1.807) is 6.07 Å². The maximum Gasteiger partial charge on any atom is 0.132 e. The van der Waals surface area contributed by atoms with E-state index in [1.807, 2.05) is 0 Å². The molecule has 1 fully saturated rings. The molecule has 1 aromatic heterocycles. The third-order valence-corrected chi connectivity index (χ3v) is 3.82. The van der Waals surface area contributed by atoms with Crippen LogP contribution in [0.3, 0.4) is 0 Å². The van der Waals surface area contributed by atoms with Crippen LogP contribution in [0.4, 0.5) is 10.2 Å². The second-order valence-corrected chi connectivity index (χ2v) is 6.02. The van der Waals surface area contributed by atoms with Gasteiger partial charge < -0.3 is 10.3 Å². The first-order valence-electron chi connectivity index (χ1n) is 6.82. The van der Waals surface area contributed by atoms with Crippen molar-refractivity contribution in [3.8, 4) is 11.3 Å². The summed E-state index contributed by atoms with van der Waals surface area (Å²) < 4.78 is 16.1. The second-order valence-electron chi connectivity index (χ2n) is 5.58. The van der Waals surface area contributed by atoms with E-state index in [9.17, 15) is 4.39 Å². The van der Waals surface area contributed by atoms with Gasteiger partial charge in [-0.05, 0) is 31.0 Å². The Morgan fingerprint density at radius 1 is 1.40 bits per heavy atom.